The summed E-state index contributed by atoms with van der Waals surface area (Å²) in [6.45, 7) is 0.644. The molecule has 0 aliphatic carbocycles. The highest BCUT2D eigenvalue weighted by molar-refractivity contribution is 6.30. The quantitative estimate of drug-likeness (QED) is 0.765. The highest BCUT2D eigenvalue weighted by Gasteiger charge is 1.98. The van der Waals surface area contributed by atoms with Crippen LogP contribution in [0.2, 0.25) is 5.02 Å². The van der Waals surface area contributed by atoms with Crippen molar-refractivity contribution in [2.45, 2.75) is 12.8 Å². The summed E-state index contributed by atoms with van der Waals surface area (Å²) in [6.07, 6.45) is 5.55. The second-order valence-corrected chi connectivity index (χ2v) is 3.41. The monoisotopic (exact) mass is 213 g/mol. The second kappa shape index (κ2) is 5.78. The summed E-state index contributed by atoms with van der Waals surface area (Å²) in [5, 5.41) is 0.166. The number of halogens is 2. The van der Waals surface area contributed by atoms with Crippen LogP contribution >= 0.6 is 11.6 Å². The maximum atomic E-state index is 13.0. The van der Waals surface area contributed by atoms with Gasteiger partial charge in [-0.25, -0.2) is 4.39 Å². The Bertz CT molecular complexity index is 323. The van der Waals surface area contributed by atoms with Gasteiger partial charge in [-0.15, -0.1) is 0 Å². The topological polar surface area (TPSA) is 26.0 Å². The van der Waals surface area contributed by atoms with Gasteiger partial charge in [0.05, 0.1) is 5.02 Å². The van der Waals surface area contributed by atoms with E-state index in [0.717, 1.165) is 12.0 Å². The van der Waals surface area contributed by atoms with E-state index in [0.29, 0.717) is 13.0 Å². The zero-order valence-electron chi connectivity index (χ0n) is 7.84. The molecule has 3 heteroatoms. The van der Waals surface area contributed by atoms with Crippen molar-refractivity contribution < 1.29 is 4.39 Å². The minimum atomic E-state index is -0.364. The minimum absolute atomic E-state index is 0.166. The average Bonchev–Trinajstić information content (AvgIpc) is 2.18. The normalized spacial score (nSPS) is 11.1. The van der Waals surface area contributed by atoms with Crippen LogP contribution in [0.3, 0.4) is 0 Å². The number of rotatable bonds is 4. The number of nitrogens with two attached hydrogens (primary N) is 1. The van der Waals surface area contributed by atoms with Gasteiger partial charge in [0.25, 0.3) is 0 Å². The van der Waals surface area contributed by atoms with Crippen LogP contribution in [0.15, 0.2) is 30.4 Å². The van der Waals surface area contributed by atoms with E-state index in [1.54, 1.807) is 6.07 Å². The Hall–Kier alpha value is -0.860. The number of hydrogen-bond acceptors (Lipinski definition) is 1. The molecule has 0 atom stereocenters. The molecule has 0 aromatic heterocycles. The first-order valence-corrected chi connectivity index (χ1v) is 4.91. The Morgan fingerprint density at radius 2 is 2.14 bits per heavy atom. The maximum absolute atomic E-state index is 13.0. The summed E-state index contributed by atoms with van der Waals surface area (Å²) in [5.41, 5.74) is 6.24. The Labute approximate surface area is 88.4 Å². The molecule has 1 aromatic carbocycles. The van der Waals surface area contributed by atoms with Crippen LogP contribution in [-0.4, -0.2) is 6.54 Å². The van der Waals surface area contributed by atoms with E-state index in [-0.39, 0.29) is 10.8 Å². The third-order valence-corrected chi connectivity index (χ3v) is 2.14. The van der Waals surface area contributed by atoms with Crippen LogP contribution in [0.5, 0.6) is 0 Å². The third-order valence-electron chi connectivity index (χ3n) is 1.84. The molecule has 0 aliphatic rings. The molecule has 0 saturated carbocycles. The molecule has 0 amide bonds. The van der Waals surface area contributed by atoms with Crippen molar-refractivity contribution in [1.29, 1.82) is 0 Å². The van der Waals surface area contributed by atoms with Crippen molar-refractivity contribution in [1.82, 2.24) is 0 Å². The Balaban J connectivity index is 2.55. The van der Waals surface area contributed by atoms with Gasteiger partial charge in [-0.3, -0.25) is 0 Å². The molecule has 1 rings (SSSR count). The molecule has 0 aliphatic heterocycles. The molecule has 14 heavy (non-hydrogen) atoms. The summed E-state index contributed by atoms with van der Waals surface area (Å²) < 4.78 is 13.0. The smallest absolute Gasteiger partial charge is 0.142 e. The third kappa shape index (κ3) is 3.48. The Morgan fingerprint density at radius 3 is 2.79 bits per heavy atom. The zero-order chi connectivity index (χ0) is 10.4. The van der Waals surface area contributed by atoms with E-state index in [1.165, 1.54) is 6.07 Å². The molecule has 2 N–H and O–H groups in total. The molecule has 0 bridgehead atoms. The lowest BCUT2D eigenvalue weighted by Crippen LogP contribution is -1.95. The van der Waals surface area contributed by atoms with Crippen molar-refractivity contribution in [3.05, 3.63) is 46.8 Å². The van der Waals surface area contributed by atoms with E-state index >= 15 is 0 Å². The van der Waals surface area contributed by atoms with E-state index in [1.807, 2.05) is 18.2 Å². The predicted molar refractivity (Wildman–Crippen MR) is 57.9 cm³/mol. The standard InChI is InChI=1S/C11H13ClFN/c12-10-6-5-9(8-11(10)13)4-2-1-3-7-14/h1-2,5-6,8H,3-4,7,14H2/b2-1+. The van der Waals surface area contributed by atoms with Gasteiger partial charge in [-0.05, 0) is 37.1 Å². The second-order valence-electron chi connectivity index (χ2n) is 3.00. The highest BCUT2D eigenvalue weighted by atomic mass is 35.5. The minimum Gasteiger partial charge on any atom is -0.330 e. The zero-order valence-corrected chi connectivity index (χ0v) is 8.60. The number of benzene rings is 1. The van der Waals surface area contributed by atoms with E-state index < -0.39 is 0 Å². The van der Waals surface area contributed by atoms with Gasteiger partial charge in [0.15, 0.2) is 0 Å². The number of allylic oxidation sites excluding steroid dienone is 1. The van der Waals surface area contributed by atoms with Gasteiger partial charge in [0, 0.05) is 0 Å². The lowest BCUT2D eigenvalue weighted by molar-refractivity contribution is 0.626. The molecule has 0 heterocycles. The lowest BCUT2D eigenvalue weighted by Gasteiger charge is -1.98. The SMILES string of the molecule is NCC/C=C/Cc1ccc(Cl)c(F)c1. The summed E-state index contributed by atoms with van der Waals surface area (Å²) in [7, 11) is 0. The van der Waals surface area contributed by atoms with E-state index in [2.05, 4.69) is 0 Å². The summed E-state index contributed by atoms with van der Waals surface area (Å²) in [4.78, 5) is 0. The van der Waals surface area contributed by atoms with Gasteiger partial charge < -0.3 is 5.73 Å². The summed E-state index contributed by atoms with van der Waals surface area (Å²) in [6, 6.07) is 4.84. The van der Waals surface area contributed by atoms with Crippen LogP contribution in [-0.2, 0) is 6.42 Å². The molecule has 0 spiro atoms. The van der Waals surface area contributed by atoms with E-state index in [9.17, 15) is 4.39 Å². The molecule has 0 saturated heterocycles. The number of hydrogen-bond donors (Lipinski definition) is 1. The van der Waals surface area contributed by atoms with Crippen LogP contribution < -0.4 is 5.73 Å². The molecule has 76 valence electrons. The van der Waals surface area contributed by atoms with Crippen LogP contribution in [0, 0.1) is 5.82 Å². The van der Waals surface area contributed by atoms with Gasteiger partial charge in [0.2, 0.25) is 0 Å². The van der Waals surface area contributed by atoms with Crippen molar-refractivity contribution >= 4 is 11.6 Å². The fourth-order valence-corrected chi connectivity index (χ4v) is 1.22. The van der Waals surface area contributed by atoms with Crippen LogP contribution in [0.25, 0.3) is 0 Å². The van der Waals surface area contributed by atoms with Crippen molar-refractivity contribution in [3.8, 4) is 0 Å². The fraction of sp³-hybridized carbons (Fsp3) is 0.273. The molecule has 0 unspecified atom stereocenters. The predicted octanol–water partition coefficient (Wildman–Crippen LogP) is 2.93. The first-order chi connectivity index (χ1) is 6.74. The van der Waals surface area contributed by atoms with Crippen LogP contribution in [0.1, 0.15) is 12.0 Å². The largest absolute Gasteiger partial charge is 0.330 e. The Morgan fingerprint density at radius 1 is 1.36 bits per heavy atom. The average molecular weight is 214 g/mol. The van der Waals surface area contributed by atoms with E-state index in [4.69, 9.17) is 17.3 Å². The molecule has 0 fully saturated rings. The first kappa shape index (κ1) is 11.2. The first-order valence-electron chi connectivity index (χ1n) is 4.53. The Kier molecular flexibility index (Phi) is 4.63. The van der Waals surface area contributed by atoms with Crippen molar-refractivity contribution in [2.24, 2.45) is 5.73 Å². The summed E-state index contributed by atoms with van der Waals surface area (Å²) in [5.74, 6) is -0.364. The van der Waals surface area contributed by atoms with Gasteiger partial charge in [-0.1, -0.05) is 29.8 Å². The van der Waals surface area contributed by atoms with Gasteiger partial charge in [-0.2, -0.15) is 0 Å². The molecule has 1 aromatic rings. The maximum Gasteiger partial charge on any atom is 0.142 e. The molecule has 1 nitrogen and oxygen atoms in total. The summed E-state index contributed by atoms with van der Waals surface area (Å²) >= 11 is 5.55. The van der Waals surface area contributed by atoms with Gasteiger partial charge in [0.1, 0.15) is 5.82 Å². The highest BCUT2D eigenvalue weighted by Crippen LogP contribution is 2.15. The molecule has 0 radical (unpaired) electrons. The molecular weight excluding hydrogens is 201 g/mol. The van der Waals surface area contributed by atoms with Crippen molar-refractivity contribution in [2.75, 3.05) is 6.54 Å². The van der Waals surface area contributed by atoms with Gasteiger partial charge >= 0.3 is 0 Å². The lowest BCUT2D eigenvalue weighted by atomic mass is 10.1. The van der Waals surface area contributed by atoms with Crippen LogP contribution in [0.4, 0.5) is 4.39 Å². The fourth-order valence-electron chi connectivity index (χ4n) is 1.10. The van der Waals surface area contributed by atoms with Crippen molar-refractivity contribution in [3.63, 3.8) is 0 Å². The molecular formula is C11H13ClFN.